The van der Waals surface area contributed by atoms with Crippen LogP contribution in [0.2, 0.25) is 0 Å². The van der Waals surface area contributed by atoms with Crippen molar-refractivity contribution in [2.45, 2.75) is 26.7 Å². The van der Waals surface area contributed by atoms with E-state index in [2.05, 4.69) is 28.9 Å². The van der Waals surface area contributed by atoms with Gasteiger partial charge in [-0.15, -0.1) is 0 Å². The molecule has 0 saturated heterocycles. The van der Waals surface area contributed by atoms with Crippen LogP contribution in [-0.2, 0) is 0 Å². The van der Waals surface area contributed by atoms with E-state index in [1.807, 2.05) is 36.0 Å². The smallest absolute Gasteiger partial charge is 0.155 e. The first-order valence-corrected chi connectivity index (χ1v) is 5.77. The molecule has 0 atom stereocenters. The van der Waals surface area contributed by atoms with Crippen LogP contribution < -0.4 is 0 Å². The van der Waals surface area contributed by atoms with Gasteiger partial charge in [0.25, 0.3) is 0 Å². The topological polar surface area (TPSA) is 43.1 Å². The fourth-order valence-corrected chi connectivity index (χ4v) is 1.98. The van der Waals surface area contributed by atoms with Crippen LogP contribution in [0.15, 0.2) is 24.5 Å². The molecule has 0 aliphatic rings. The first-order valence-electron chi connectivity index (χ1n) is 5.77. The number of hydrogen-bond donors (Lipinski definition) is 0. The molecule has 3 aromatic heterocycles. The number of pyridine rings is 1. The molecule has 0 fully saturated rings. The van der Waals surface area contributed by atoms with Crippen molar-refractivity contribution in [1.82, 2.24) is 19.6 Å². The Kier molecular flexibility index (Phi) is 2.11. The fraction of sp³-hybridized carbons (Fsp3) is 0.308. The molecular weight excluding hydrogens is 212 g/mol. The Morgan fingerprint density at radius 3 is 2.82 bits per heavy atom. The van der Waals surface area contributed by atoms with Gasteiger partial charge in [-0.3, -0.25) is 4.98 Å². The number of aromatic nitrogens is 4. The zero-order valence-electron chi connectivity index (χ0n) is 10.2. The highest BCUT2D eigenvalue weighted by atomic mass is 15.3. The van der Waals surface area contributed by atoms with E-state index in [0.29, 0.717) is 5.92 Å². The molecule has 0 N–H and O–H groups in total. The van der Waals surface area contributed by atoms with Crippen LogP contribution >= 0.6 is 0 Å². The molecule has 0 spiro atoms. The first-order chi connectivity index (χ1) is 8.16. The second-order valence-corrected chi connectivity index (χ2v) is 4.58. The van der Waals surface area contributed by atoms with E-state index in [9.17, 15) is 0 Å². The number of nitrogens with zero attached hydrogens (tertiary/aromatic N) is 4. The maximum absolute atomic E-state index is 4.61. The highest BCUT2D eigenvalue weighted by Crippen LogP contribution is 2.20. The average molecular weight is 226 g/mol. The Balaban J connectivity index is 2.43. The summed E-state index contributed by atoms with van der Waals surface area (Å²) in [5, 5.41) is 5.66. The van der Waals surface area contributed by atoms with Crippen LogP contribution in [0.1, 0.15) is 31.2 Å². The molecule has 3 aromatic rings. The summed E-state index contributed by atoms with van der Waals surface area (Å²) in [6.07, 6.45) is 3.69. The normalized spacial score (nSPS) is 11.8. The van der Waals surface area contributed by atoms with Crippen LogP contribution in [0.5, 0.6) is 0 Å². The third kappa shape index (κ3) is 1.48. The van der Waals surface area contributed by atoms with E-state index in [4.69, 9.17) is 0 Å². The SMILES string of the molecule is Cc1nccc2c1cnc1cc(C(C)C)nn12. The largest absolute Gasteiger partial charge is 0.261 e. The molecule has 17 heavy (non-hydrogen) atoms. The van der Waals surface area contributed by atoms with Crippen molar-refractivity contribution in [3.8, 4) is 0 Å². The van der Waals surface area contributed by atoms with E-state index in [1.165, 1.54) is 0 Å². The van der Waals surface area contributed by atoms with Gasteiger partial charge in [0.2, 0.25) is 0 Å². The van der Waals surface area contributed by atoms with Gasteiger partial charge in [0.15, 0.2) is 5.65 Å². The van der Waals surface area contributed by atoms with Crippen molar-refractivity contribution >= 4 is 16.6 Å². The van der Waals surface area contributed by atoms with Crippen LogP contribution in [-0.4, -0.2) is 19.6 Å². The maximum Gasteiger partial charge on any atom is 0.155 e. The zero-order chi connectivity index (χ0) is 12.0. The Bertz CT molecular complexity index is 697. The van der Waals surface area contributed by atoms with E-state index in [1.54, 1.807) is 0 Å². The molecule has 4 nitrogen and oxygen atoms in total. The van der Waals surface area contributed by atoms with Crippen molar-refractivity contribution < 1.29 is 0 Å². The number of aryl methyl sites for hydroxylation is 1. The van der Waals surface area contributed by atoms with Crippen molar-refractivity contribution in [3.63, 3.8) is 0 Å². The van der Waals surface area contributed by atoms with Gasteiger partial charge in [-0.2, -0.15) is 5.10 Å². The minimum absolute atomic E-state index is 0.412. The van der Waals surface area contributed by atoms with Gasteiger partial charge in [0, 0.05) is 29.5 Å². The van der Waals surface area contributed by atoms with Gasteiger partial charge in [0.1, 0.15) is 0 Å². The van der Waals surface area contributed by atoms with Gasteiger partial charge in [-0.05, 0) is 18.9 Å². The van der Waals surface area contributed by atoms with Gasteiger partial charge in [-0.1, -0.05) is 13.8 Å². The van der Waals surface area contributed by atoms with E-state index >= 15 is 0 Å². The van der Waals surface area contributed by atoms with E-state index in [-0.39, 0.29) is 0 Å². The van der Waals surface area contributed by atoms with Crippen molar-refractivity contribution in [1.29, 1.82) is 0 Å². The molecule has 86 valence electrons. The predicted molar refractivity (Wildman–Crippen MR) is 67.1 cm³/mol. The van der Waals surface area contributed by atoms with Gasteiger partial charge >= 0.3 is 0 Å². The van der Waals surface area contributed by atoms with Crippen molar-refractivity contribution in [3.05, 3.63) is 35.9 Å². The minimum atomic E-state index is 0.412. The van der Waals surface area contributed by atoms with Crippen LogP contribution in [0.25, 0.3) is 16.6 Å². The van der Waals surface area contributed by atoms with E-state index in [0.717, 1.165) is 27.9 Å². The van der Waals surface area contributed by atoms with Crippen LogP contribution in [0.3, 0.4) is 0 Å². The maximum atomic E-state index is 4.61. The van der Waals surface area contributed by atoms with Gasteiger partial charge in [-0.25, -0.2) is 9.50 Å². The van der Waals surface area contributed by atoms with Crippen LogP contribution in [0.4, 0.5) is 0 Å². The monoisotopic (exact) mass is 226 g/mol. The zero-order valence-corrected chi connectivity index (χ0v) is 10.2. The standard InChI is InChI=1S/C13H14N4/c1-8(2)11-6-13-15-7-10-9(3)14-5-4-12(10)17(13)16-11/h4-8H,1-3H3. The molecule has 0 saturated carbocycles. The van der Waals surface area contributed by atoms with Crippen molar-refractivity contribution in [2.75, 3.05) is 0 Å². The quantitative estimate of drug-likeness (QED) is 0.640. The lowest BCUT2D eigenvalue weighted by Crippen LogP contribution is -1.96. The van der Waals surface area contributed by atoms with E-state index < -0.39 is 0 Å². The summed E-state index contributed by atoms with van der Waals surface area (Å²) >= 11 is 0. The molecule has 0 bridgehead atoms. The molecular formula is C13H14N4. The number of hydrogen-bond acceptors (Lipinski definition) is 3. The third-order valence-electron chi connectivity index (χ3n) is 3.02. The molecule has 0 unspecified atom stereocenters. The second kappa shape index (κ2) is 3.52. The summed E-state index contributed by atoms with van der Waals surface area (Å²) in [5.74, 6) is 0.412. The highest BCUT2D eigenvalue weighted by Gasteiger charge is 2.09. The summed E-state index contributed by atoms with van der Waals surface area (Å²) in [7, 11) is 0. The molecule has 0 aliphatic heterocycles. The second-order valence-electron chi connectivity index (χ2n) is 4.58. The molecule has 0 aliphatic carbocycles. The Hall–Kier alpha value is -1.97. The Morgan fingerprint density at radius 2 is 2.06 bits per heavy atom. The molecule has 0 aromatic carbocycles. The van der Waals surface area contributed by atoms with Crippen LogP contribution in [0, 0.1) is 6.92 Å². The fourth-order valence-electron chi connectivity index (χ4n) is 1.98. The van der Waals surface area contributed by atoms with Gasteiger partial charge in [0.05, 0.1) is 11.2 Å². The predicted octanol–water partition coefficient (Wildman–Crippen LogP) is 2.71. The number of rotatable bonds is 1. The third-order valence-corrected chi connectivity index (χ3v) is 3.02. The summed E-state index contributed by atoms with van der Waals surface area (Å²) in [5.41, 5.74) is 4.01. The molecule has 4 heteroatoms. The van der Waals surface area contributed by atoms with Gasteiger partial charge < -0.3 is 0 Å². The summed E-state index contributed by atoms with van der Waals surface area (Å²) < 4.78 is 1.90. The summed E-state index contributed by atoms with van der Waals surface area (Å²) in [6.45, 7) is 6.26. The Labute approximate surface area is 99.3 Å². The molecule has 0 radical (unpaired) electrons. The Morgan fingerprint density at radius 1 is 1.24 bits per heavy atom. The minimum Gasteiger partial charge on any atom is -0.261 e. The average Bonchev–Trinajstić information content (AvgIpc) is 2.73. The lowest BCUT2D eigenvalue weighted by Gasteiger charge is -2.02. The molecule has 3 rings (SSSR count). The van der Waals surface area contributed by atoms with Crippen molar-refractivity contribution in [2.24, 2.45) is 0 Å². The highest BCUT2D eigenvalue weighted by molar-refractivity contribution is 5.82. The lowest BCUT2D eigenvalue weighted by molar-refractivity contribution is 0.795. The molecule has 0 amide bonds. The number of fused-ring (bicyclic) bond motifs is 3. The summed E-state index contributed by atoms with van der Waals surface area (Å²) in [4.78, 5) is 8.71. The first kappa shape index (κ1) is 10.2. The summed E-state index contributed by atoms with van der Waals surface area (Å²) in [6, 6.07) is 4.02. The lowest BCUT2D eigenvalue weighted by atomic mass is 10.1. The molecule has 3 heterocycles.